The van der Waals surface area contributed by atoms with Crippen LogP contribution >= 0.6 is 0 Å². The topological polar surface area (TPSA) is 60.9 Å². The molecule has 5 heteroatoms. The van der Waals surface area contributed by atoms with Crippen molar-refractivity contribution in [3.63, 3.8) is 0 Å². The highest BCUT2D eigenvalue weighted by Crippen LogP contribution is 2.38. The number of rotatable bonds is 3. The van der Waals surface area contributed by atoms with Crippen LogP contribution in [0.2, 0.25) is 0 Å². The van der Waals surface area contributed by atoms with E-state index in [1.54, 1.807) is 16.8 Å². The zero-order valence-corrected chi connectivity index (χ0v) is 11.1. The van der Waals surface area contributed by atoms with Crippen LogP contribution in [0.25, 0.3) is 0 Å². The first kappa shape index (κ1) is 13.8. The third-order valence-corrected chi connectivity index (χ3v) is 3.90. The minimum atomic E-state index is -0.790. The summed E-state index contributed by atoms with van der Waals surface area (Å²) < 4.78 is 0. The Bertz CT molecular complexity index is 317. The van der Waals surface area contributed by atoms with Gasteiger partial charge < -0.3 is 14.9 Å². The minimum Gasteiger partial charge on any atom is -0.481 e. The molecule has 0 radical (unpaired) electrons. The van der Waals surface area contributed by atoms with E-state index in [4.69, 9.17) is 0 Å². The zero-order chi connectivity index (χ0) is 13.2. The molecule has 0 spiro atoms. The first-order valence-electron chi connectivity index (χ1n) is 6.08. The molecule has 1 N–H and O–H groups in total. The third-order valence-electron chi connectivity index (χ3n) is 3.90. The van der Waals surface area contributed by atoms with Gasteiger partial charge in [-0.3, -0.25) is 4.79 Å². The van der Waals surface area contributed by atoms with Gasteiger partial charge in [-0.25, -0.2) is 4.79 Å². The number of nitrogens with zero attached hydrogens (tertiary/aromatic N) is 2. The van der Waals surface area contributed by atoms with Crippen molar-refractivity contribution in [3.8, 4) is 0 Å². The van der Waals surface area contributed by atoms with Gasteiger partial charge in [0.05, 0.1) is 5.41 Å². The molecule has 0 aromatic carbocycles. The molecule has 2 amide bonds. The number of carbonyl (C=O) groups is 2. The first-order chi connectivity index (χ1) is 7.85. The molecule has 1 aliphatic rings. The Hall–Kier alpha value is -1.26. The van der Waals surface area contributed by atoms with Gasteiger partial charge in [-0.2, -0.15) is 0 Å². The third kappa shape index (κ3) is 2.37. The van der Waals surface area contributed by atoms with Gasteiger partial charge in [0.25, 0.3) is 0 Å². The second-order valence-corrected chi connectivity index (χ2v) is 5.08. The molecule has 1 atom stereocenters. The Labute approximate surface area is 102 Å². The second kappa shape index (κ2) is 4.94. The fourth-order valence-electron chi connectivity index (χ4n) is 2.27. The lowest BCUT2D eigenvalue weighted by Gasteiger charge is -2.29. The van der Waals surface area contributed by atoms with Crippen LogP contribution in [-0.2, 0) is 4.79 Å². The van der Waals surface area contributed by atoms with E-state index in [9.17, 15) is 14.7 Å². The van der Waals surface area contributed by atoms with Crippen molar-refractivity contribution in [3.05, 3.63) is 0 Å². The highest BCUT2D eigenvalue weighted by atomic mass is 16.4. The van der Waals surface area contributed by atoms with E-state index in [1.165, 1.54) is 0 Å². The predicted molar refractivity (Wildman–Crippen MR) is 64.8 cm³/mol. The van der Waals surface area contributed by atoms with Crippen molar-refractivity contribution in [2.24, 2.45) is 11.3 Å². The number of urea groups is 1. The lowest BCUT2D eigenvalue weighted by molar-refractivity contribution is -0.150. The van der Waals surface area contributed by atoms with Gasteiger partial charge in [-0.1, -0.05) is 13.8 Å². The van der Waals surface area contributed by atoms with Crippen molar-refractivity contribution in [1.29, 1.82) is 0 Å². The van der Waals surface area contributed by atoms with Gasteiger partial charge in [-0.05, 0) is 19.3 Å². The van der Waals surface area contributed by atoms with E-state index in [2.05, 4.69) is 0 Å². The summed E-state index contributed by atoms with van der Waals surface area (Å²) in [4.78, 5) is 26.6. The lowest BCUT2D eigenvalue weighted by Crippen LogP contribution is -2.44. The van der Waals surface area contributed by atoms with Crippen LogP contribution in [0.3, 0.4) is 0 Å². The van der Waals surface area contributed by atoms with Gasteiger partial charge in [0.1, 0.15) is 0 Å². The van der Waals surface area contributed by atoms with Crippen LogP contribution in [0.15, 0.2) is 0 Å². The summed E-state index contributed by atoms with van der Waals surface area (Å²) in [5.74, 6) is -0.758. The Morgan fingerprint density at radius 3 is 2.41 bits per heavy atom. The van der Waals surface area contributed by atoms with Crippen LogP contribution < -0.4 is 0 Å². The average molecular weight is 242 g/mol. The molecule has 5 nitrogen and oxygen atoms in total. The van der Waals surface area contributed by atoms with Crippen molar-refractivity contribution < 1.29 is 14.7 Å². The number of carboxylic acids is 1. The quantitative estimate of drug-likeness (QED) is 0.815. The van der Waals surface area contributed by atoms with E-state index in [0.29, 0.717) is 26.1 Å². The van der Waals surface area contributed by atoms with E-state index < -0.39 is 11.4 Å². The molecule has 0 aromatic rings. The van der Waals surface area contributed by atoms with Crippen LogP contribution in [0, 0.1) is 11.3 Å². The van der Waals surface area contributed by atoms with E-state index in [-0.39, 0.29) is 11.9 Å². The van der Waals surface area contributed by atoms with Gasteiger partial charge in [0.2, 0.25) is 0 Å². The number of carbonyl (C=O) groups excluding carboxylic acids is 1. The standard InChI is InChI=1S/C12H22N2O3/c1-5-13(4)11(17)14-7-6-12(8-14,9(2)3)10(15)16/h9H,5-8H2,1-4H3,(H,15,16). The molecule has 1 heterocycles. The van der Waals surface area contributed by atoms with Crippen LogP contribution in [-0.4, -0.2) is 53.6 Å². The first-order valence-corrected chi connectivity index (χ1v) is 6.08. The van der Waals surface area contributed by atoms with Gasteiger partial charge >= 0.3 is 12.0 Å². The molecule has 1 aliphatic heterocycles. The summed E-state index contributed by atoms with van der Waals surface area (Å²) in [6.45, 7) is 7.21. The number of hydrogen-bond donors (Lipinski definition) is 1. The Morgan fingerprint density at radius 2 is 2.06 bits per heavy atom. The maximum absolute atomic E-state index is 12.0. The van der Waals surface area contributed by atoms with Crippen molar-refractivity contribution in [2.75, 3.05) is 26.7 Å². The maximum Gasteiger partial charge on any atom is 0.319 e. The highest BCUT2D eigenvalue weighted by Gasteiger charge is 2.48. The molecular weight excluding hydrogens is 220 g/mol. The predicted octanol–water partition coefficient (Wildman–Crippen LogP) is 1.49. The molecule has 1 rings (SSSR count). The zero-order valence-electron chi connectivity index (χ0n) is 11.1. The van der Waals surface area contributed by atoms with Gasteiger partial charge in [0, 0.05) is 26.7 Å². The smallest absolute Gasteiger partial charge is 0.319 e. The molecule has 0 aliphatic carbocycles. The summed E-state index contributed by atoms with van der Waals surface area (Å²) in [7, 11) is 1.73. The van der Waals surface area contributed by atoms with Crippen LogP contribution in [0.1, 0.15) is 27.2 Å². The fourth-order valence-corrected chi connectivity index (χ4v) is 2.27. The summed E-state index contributed by atoms with van der Waals surface area (Å²) in [6, 6.07) is -0.0729. The Kier molecular flexibility index (Phi) is 4.01. The summed E-state index contributed by atoms with van der Waals surface area (Å²) in [5, 5.41) is 9.38. The van der Waals surface area contributed by atoms with Crippen LogP contribution in [0.4, 0.5) is 4.79 Å². The summed E-state index contributed by atoms with van der Waals surface area (Å²) in [6.07, 6.45) is 0.545. The average Bonchev–Trinajstić information content (AvgIpc) is 2.73. The molecule has 1 fully saturated rings. The largest absolute Gasteiger partial charge is 0.481 e. The fraction of sp³-hybridized carbons (Fsp3) is 0.833. The molecule has 1 saturated heterocycles. The molecule has 0 bridgehead atoms. The van der Waals surface area contributed by atoms with E-state index in [1.807, 2.05) is 20.8 Å². The monoisotopic (exact) mass is 242 g/mol. The van der Waals surface area contributed by atoms with Crippen molar-refractivity contribution >= 4 is 12.0 Å². The maximum atomic E-state index is 12.0. The molecule has 98 valence electrons. The van der Waals surface area contributed by atoms with Crippen molar-refractivity contribution in [2.45, 2.75) is 27.2 Å². The van der Waals surface area contributed by atoms with Gasteiger partial charge in [0.15, 0.2) is 0 Å². The Balaban J connectivity index is 2.80. The minimum absolute atomic E-state index is 0.0322. The van der Waals surface area contributed by atoms with Crippen molar-refractivity contribution in [1.82, 2.24) is 9.80 Å². The van der Waals surface area contributed by atoms with E-state index in [0.717, 1.165) is 0 Å². The molecule has 0 aromatic heterocycles. The van der Waals surface area contributed by atoms with Gasteiger partial charge in [-0.15, -0.1) is 0 Å². The number of likely N-dealkylation sites (tertiary alicyclic amines) is 1. The molecule has 17 heavy (non-hydrogen) atoms. The number of amides is 2. The normalized spacial score (nSPS) is 24.2. The van der Waals surface area contributed by atoms with Crippen LogP contribution in [0.5, 0.6) is 0 Å². The summed E-state index contributed by atoms with van der Waals surface area (Å²) in [5.41, 5.74) is -0.774. The van der Waals surface area contributed by atoms with E-state index >= 15 is 0 Å². The second-order valence-electron chi connectivity index (χ2n) is 5.08. The summed E-state index contributed by atoms with van der Waals surface area (Å²) >= 11 is 0. The highest BCUT2D eigenvalue weighted by molar-refractivity contribution is 5.80. The number of aliphatic carboxylic acids is 1. The SMILES string of the molecule is CCN(C)C(=O)N1CCC(C(=O)O)(C(C)C)C1. The number of carboxylic acid groups (broad SMARTS) is 1. The number of hydrogen-bond acceptors (Lipinski definition) is 2. The molecule has 1 unspecified atom stereocenters. The molecule has 0 saturated carbocycles. The lowest BCUT2D eigenvalue weighted by atomic mass is 9.76. The Morgan fingerprint density at radius 1 is 1.47 bits per heavy atom. The molecular formula is C12H22N2O3.